The fourth-order valence-corrected chi connectivity index (χ4v) is 3.78. The minimum Gasteiger partial charge on any atom is -0.376 e. The Bertz CT molecular complexity index is 1110. The molecule has 1 fully saturated rings. The molecule has 10 nitrogen and oxygen atoms in total. The molecule has 1 amide bonds. The predicted molar refractivity (Wildman–Crippen MR) is 114 cm³/mol. The number of alkyl halides is 2. The number of methoxy groups -OCH3 is 1. The van der Waals surface area contributed by atoms with Crippen LogP contribution in [0.5, 0.6) is 0 Å². The Balaban J connectivity index is 1.66. The number of aromatic nitrogens is 4. The third-order valence-corrected chi connectivity index (χ3v) is 5.33. The minimum atomic E-state index is -3.57. The van der Waals surface area contributed by atoms with Gasteiger partial charge >= 0.3 is 6.11 Å². The van der Waals surface area contributed by atoms with Crippen molar-refractivity contribution in [1.82, 2.24) is 19.5 Å². The van der Waals surface area contributed by atoms with Gasteiger partial charge in [-0.2, -0.15) is 8.78 Å². The quantitative estimate of drug-likeness (QED) is 0.522. The van der Waals surface area contributed by atoms with Gasteiger partial charge in [-0.25, -0.2) is 15.0 Å². The highest BCUT2D eigenvalue weighted by molar-refractivity contribution is 6.06. The lowest BCUT2D eigenvalue weighted by molar-refractivity contribution is -0.293. The van der Waals surface area contributed by atoms with Gasteiger partial charge in [-0.3, -0.25) is 9.36 Å². The van der Waals surface area contributed by atoms with Gasteiger partial charge in [-0.1, -0.05) is 25.1 Å². The van der Waals surface area contributed by atoms with Crippen molar-refractivity contribution in [2.24, 2.45) is 5.73 Å². The number of nitrogens with two attached hydrogens (primary N) is 1. The highest BCUT2D eigenvalue weighted by Crippen LogP contribution is 2.37. The Morgan fingerprint density at radius 1 is 1.27 bits per heavy atom. The van der Waals surface area contributed by atoms with Gasteiger partial charge in [0, 0.05) is 12.7 Å². The van der Waals surface area contributed by atoms with E-state index in [1.54, 1.807) is 30.3 Å². The van der Waals surface area contributed by atoms with E-state index < -0.39 is 37.2 Å². The molecule has 33 heavy (non-hydrogen) atoms. The van der Waals surface area contributed by atoms with E-state index in [0.29, 0.717) is 12.0 Å². The molecule has 1 aliphatic rings. The number of imidazole rings is 1. The van der Waals surface area contributed by atoms with Gasteiger partial charge in [0.25, 0.3) is 5.91 Å². The Kier molecular flexibility index (Phi) is 6.61. The van der Waals surface area contributed by atoms with Gasteiger partial charge in [-0.15, -0.1) is 0 Å². The van der Waals surface area contributed by atoms with Crippen molar-refractivity contribution in [1.29, 1.82) is 0 Å². The van der Waals surface area contributed by atoms with Crippen LogP contribution in [0.25, 0.3) is 11.2 Å². The van der Waals surface area contributed by atoms with Crippen LogP contribution in [-0.2, 0) is 14.2 Å². The van der Waals surface area contributed by atoms with E-state index in [-0.39, 0.29) is 22.9 Å². The third kappa shape index (κ3) is 4.69. The lowest BCUT2D eigenvalue weighted by atomic mass is 10.1. The highest BCUT2D eigenvalue weighted by Gasteiger charge is 2.49. The second kappa shape index (κ2) is 9.43. The molecular formula is C21H24F2N6O4. The highest BCUT2D eigenvalue weighted by atomic mass is 19.3. The van der Waals surface area contributed by atoms with Gasteiger partial charge in [0.15, 0.2) is 23.2 Å². The molecule has 2 aromatic heterocycles. The van der Waals surface area contributed by atoms with Gasteiger partial charge in [-0.05, 0) is 18.6 Å². The Hall–Kier alpha value is -3.06. The summed E-state index contributed by atoms with van der Waals surface area (Å²) in [6, 6.07) is 7.78. The monoisotopic (exact) mass is 462 g/mol. The maximum atomic E-state index is 14.2. The molecule has 1 aliphatic heterocycles. The topological polar surface area (TPSA) is 126 Å². The number of nitrogens with one attached hydrogen (secondary N) is 1. The largest absolute Gasteiger partial charge is 0.379 e. The zero-order chi connectivity index (χ0) is 23.6. The van der Waals surface area contributed by atoms with Crippen LogP contribution in [0.15, 0.2) is 43.0 Å². The summed E-state index contributed by atoms with van der Waals surface area (Å²) in [5.41, 5.74) is 7.16. The second-order valence-electron chi connectivity index (χ2n) is 7.57. The zero-order valence-corrected chi connectivity index (χ0v) is 18.0. The average molecular weight is 462 g/mol. The van der Waals surface area contributed by atoms with E-state index >= 15 is 0 Å². The summed E-state index contributed by atoms with van der Waals surface area (Å²) >= 11 is 0. The zero-order valence-electron chi connectivity index (χ0n) is 18.0. The van der Waals surface area contributed by atoms with Crippen molar-refractivity contribution in [2.45, 2.75) is 43.9 Å². The summed E-state index contributed by atoms with van der Waals surface area (Å²) in [6.07, 6.45) is -3.20. The number of anilines is 1. The second-order valence-corrected chi connectivity index (χ2v) is 7.57. The number of carbonyl (C=O) groups excluding carboxylic acids is 1. The molecule has 4 rings (SSSR count). The molecular weight excluding hydrogens is 438 g/mol. The standard InChI is InChI=1S/C21H24F2N6O4/c1-3-13-14(24)16(33-21(22,23)9-31-2)20(32-13)29-11-27-15-17(25-10-26-18(15)29)28-19(30)12-7-5-4-6-8-12/h4-8,10-11,13-14,16,20H,3,9,24H2,1-2H3,(H,25,26,28,30)/t13-,14-,16-,20-/m1/s1. The molecule has 3 N–H and O–H groups in total. The normalized spacial score (nSPS) is 23.2. The van der Waals surface area contributed by atoms with Crippen molar-refractivity contribution in [3.05, 3.63) is 48.5 Å². The van der Waals surface area contributed by atoms with Crippen LogP contribution in [0.2, 0.25) is 0 Å². The van der Waals surface area contributed by atoms with Gasteiger partial charge in [0.1, 0.15) is 19.0 Å². The number of fused-ring (bicyclic) bond motifs is 1. The molecule has 1 aromatic carbocycles. The van der Waals surface area contributed by atoms with Crippen LogP contribution >= 0.6 is 0 Å². The number of benzene rings is 1. The first-order valence-corrected chi connectivity index (χ1v) is 10.3. The van der Waals surface area contributed by atoms with Gasteiger partial charge < -0.3 is 25.3 Å². The fraction of sp³-hybridized carbons (Fsp3) is 0.429. The number of nitrogens with zero attached hydrogens (tertiary/aromatic N) is 4. The van der Waals surface area contributed by atoms with E-state index in [0.717, 1.165) is 7.11 Å². The summed E-state index contributed by atoms with van der Waals surface area (Å²) in [4.78, 5) is 25.2. The van der Waals surface area contributed by atoms with Crippen molar-refractivity contribution in [3.63, 3.8) is 0 Å². The Morgan fingerprint density at radius 3 is 2.73 bits per heavy atom. The van der Waals surface area contributed by atoms with E-state index in [4.69, 9.17) is 15.2 Å². The Labute approximate surface area is 188 Å². The number of carbonyl (C=O) groups is 1. The third-order valence-electron chi connectivity index (χ3n) is 5.33. The number of rotatable bonds is 8. The number of ether oxygens (including phenoxy) is 3. The number of hydrogen-bond donors (Lipinski definition) is 2. The number of halogens is 2. The molecule has 3 aromatic rings. The van der Waals surface area contributed by atoms with E-state index in [9.17, 15) is 13.6 Å². The first-order valence-electron chi connectivity index (χ1n) is 10.3. The van der Waals surface area contributed by atoms with E-state index in [1.165, 1.54) is 17.2 Å². The predicted octanol–water partition coefficient (Wildman–Crippen LogP) is 2.34. The SMILES string of the molecule is CC[C@H]1O[C@@H](n2cnc3c(NC(=O)c4ccccc4)ncnc32)[C@H](OC(F)(F)COC)[C@@H]1N. The smallest absolute Gasteiger partial charge is 0.376 e. The van der Waals surface area contributed by atoms with Crippen LogP contribution in [0.4, 0.5) is 14.6 Å². The molecule has 1 saturated heterocycles. The van der Waals surface area contributed by atoms with Crippen LogP contribution in [0.1, 0.15) is 29.9 Å². The van der Waals surface area contributed by atoms with Crippen LogP contribution in [-0.4, -0.2) is 63.5 Å². The van der Waals surface area contributed by atoms with Gasteiger partial charge in [0.05, 0.1) is 18.5 Å². The summed E-state index contributed by atoms with van der Waals surface area (Å²) in [7, 11) is 1.15. The van der Waals surface area contributed by atoms with Gasteiger partial charge in [0.2, 0.25) is 0 Å². The maximum absolute atomic E-state index is 14.2. The molecule has 176 valence electrons. The van der Waals surface area contributed by atoms with E-state index in [1.807, 2.05) is 6.92 Å². The lowest BCUT2D eigenvalue weighted by Crippen LogP contribution is -2.46. The number of hydrogen-bond acceptors (Lipinski definition) is 8. The molecule has 12 heteroatoms. The molecule has 3 heterocycles. The average Bonchev–Trinajstić information content (AvgIpc) is 3.36. The van der Waals surface area contributed by atoms with Crippen LogP contribution < -0.4 is 11.1 Å². The summed E-state index contributed by atoms with van der Waals surface area (Å²) in [5, 5.41) is 2.70. The first kappa shape index (κ1) is 23.1. The molecule has 0 aliphatic carbocycles. The maximum Gasteiger partial charge on any atom is 0.379 e. The summed E-state index contributed by atoms with van der Waals surface area (Å²) in [6.45, 7) is 0.908. The molecule has 0 bridgehead atoms. The van der Waals surface area contributed by atoms with E-state index in [2.05, 4.69) is 25.0 Å². The van der Waals surface area contributed by atoms with Crippen LogP contribution in [0, 0.1) is 0 Å². The fourth-order valence-electron chi connectivity index (χ4n) is 3.78. The summed E-state index contributed by atoms with van der Waals surface area (Å²) in [5.74, 6) is -0.208. The van der Waals surface area contributed by atoms with Crippen molar-refractivity contribution >= 4 is 22.9 Å². The Morgan fingerprint density at radius 2 is 2.03 bits per heavy atom. The molecule has 0 unspecified atom stereocenters. The lowest BCUT2D eigenvalue weighted by Gasteiger charge is -2.27. The minimum absolute atomic E-state index is 0.170. The number of amides is 1. The molecule has 0 saturated carbocycles. The van der Waals surface area contributed by atoms with Crippen molar-refractivity contribution in [2.75, 3.05) is 19.0 Å². The van der Waals surface area contributed by atoms with Crippen molar-refractivity contribution < 1.29 is 27.8 Å². The summed E-state index contributed by atoms with van der Waals surface area (Å²) < 4.78 is 45.5. The molecule has 0 spiro atoms. The first-order chi connectivity index (χ1) is 15.8. The molecule has 4 atom stereocenters. The van der Waals surface area contributed by atoms with Crippen LogP contribution in [0.3, 0.4) is 0 Å². The van der Waals surface area contributed by atoms with Crippen molar-refractivity contribution in [3.8, 4) is 0 Å². The molecule has 0 radical (unpaired) electrons.